The number of rotatable bonds is 3. The number of benzene rings is 2. The minimum atomic E-state index is -3.93. The van der Waals surface area contributed by atoms with E-state index in [9.17, 15) is 8.42 Å². The number of hydrogen-bond donors (Lipinski definition) is 3. The Bertz CT molecular complexity index is 997. The van der Waals surface area contributed by atoms with Gasteiger partial charge in [0.1, 0.15) is 4.90 Å². The van der Waals surface area contributed by atoms with Crippen LogP contribution in [0.2, 0.25) is 15.1 Å². The van der Waals surface area contributed by atoms with E-state index >= 15 is 0 Å². The maximum atomic E-state index is 11.5. The predicted octanol–water partition coefficient (Wildman–Crippen LogP) is 3.91. The number of halogens is 3. The topological polar surface area (TPSA) is 101 Å². The van der Waals surface area contributed by atoms with E-state index in [1.807, 2.05) is 0 Å². The van der Waals surface area contributed by atoms with Gasteiger partial charge in [0.2, 0.25) is 16.0 Å². The first-order valence-electron chi connectivity index (χ1n) is 6.19. The summed E-state index contributed by atoms with van der Waals surface area (Å²) < 4.78 is 23.0. The van der Waals surface area contributed by atoms with E-state index in [0.29, 0.717) is 32.7 Å². The molecule has 0 saturated heterocycles. The Morgan fingerprint density at radius 3 is 2.35 bits per heavy atom. The third-order valence-corrected chi connectivity index (χ3v) is 5.05. The molecule has 1 aromatic heterocycles. The van der Waals surface area contributed by atoms with Crippen LogP contribution in [0.1, 0.15) is 0 Å². The van der Waals surface area contributed by atoms with Gasteiger partial charge in [-0.2, -0.15) is 0 Å². The zero-order valence-electron chi connectivity index (χ0n) is 11.3. The molecule has 10 heteroatoms. The van der Waals surface area contributed by atoms with E-state index in [0.717, 1.165) is 0 Å². The third kappa shape index (κ3) is 3.24. The number of aromatic amines is 1. The minimum Gasteiger partial charge on any atom is -0.324 e. The molecule has 3 aromatic rings. The molecule has 4 N–H and O–H groups in total. The zero-order chi connectivity index (χ0) is 16.8. The van der Waals surface area contributed by atoms with Gasteiger partial charge >= 0.3 is 0 Å². The van der Waals surface area contributed by atoms with Crippen LogP contribution >= 0.6 is 34.8 Å². The minimum absolute atomic E-state index is 0.00572. The van der Waals surface area contributed by atoms with Crippen LogP contribution in [0, 0.1) is 0 Å². The predicted molar refractivity (Wildman–Crippen MR) is 92.2 cm³/mol. The molecular weight excluding hydrogens is 383 g/mol. The van der Waals surface area contributed by atoms with Crippen LogP contribution in [0.25, 0.3) is 11.0 Å². The molecule has 0 saturated carbocycles. The summed E-state index contributed by atoms with van der Waals surface area (Å²) in [5.41, 5.74) is 1.39. The van der Waals surface area contributed by atoms with Crippen molar-refractivity contribution in [1.29, 1.82) is 0 Å². The van der Waals surface area contributed by atoms with Crippen molar-refractivity contribution in [2.45, 2.75) is 4.90 Å². The van der Waals surface area contributed by atoms with Gasteiger partial charge in [-0.05, 0) is 24.3 Å². The fourth-order valence-electron chi connectivity index (χ4n) is 2.02. The van der Waals surface area contributed by atoms with Gasteiger partial charge < -0.3 is 10.3 Å². The van der Waals surface area contributed by atoms with Gasteiger partial charge in [-0.3, -0.25) is 0 Å². The lowest BCUT2D eigenvalue weighted by molar-refractivity contribution is 0.598. The zero-order valence-corrected chi connectivity index (χ0v) is 14.4. The van der Waals surface area contributed by atoms with Gasteiger partial charge in [0, 0.05) is 0 Å². The summed E-state index contributed by atoms with van der Waals surface area (Å²) >= 11 is 18.1. The molecule has 0 radical (unpaired) electrons. The quantitative estimate of drug-likeness (QED) is 0.630. The van der Waals surface area contributed by atoms with E-state index in [1.165, 1.54) is 12.1 Å². The highest BCUT2D eigenvalue weighted by Gasteiger charge is 2.16. The first-order valence-corrected chi connectivity index (χ1v) is 8.87. The van der Waals surface area contributed by atoms with Crippen molar-refractivity contribution in [2.75, 3.05) is 5.32 Å². The lowest BCUT2D eigenvalue weighted by atomic mass is 10.3. The van der Waals surface area contributed by atoms with Gasteiger partial charge in [-0.1, -0.05) is 40.9 Å². The number of nitrogens with one attached hydrogen (secondary N) is 2. The fraction of sp³-hybridized carbons (Fsp3) is 0. The molecule has 120 valence electrons. The van der Waals surface area contributed by atoms with E-state index in [2.05, 4.69) is 15.3 Å². The smallest absolute Gasteiger partial charge is 0.239 e. The molecule has 3 rings (SSSR count). The average Bonchev–Trinajstić information content (AvgIpc) is 2.82. The average molecular weight is 392 g/mol. The summed E-state index contributed by atoms with van der Waals surface area (Å²) in [6.07, 6.45) is 0. The second kappa shape index (κ2) is 5.85. The van der Waals surface area contributed by atoms with Gasteiger partial charge in [-0.25, -0.2) is 18.5 Å². The van der Waals surface area contributed by atoms with Crippen LogP contribution in [-0.2, 0) is 10.0 Å². The maximum Gasteiger partial charge on any atom is 0.239 e. The number of nitrogens with two attached hydrogens (primary N) is 1. The van der Waals surface area contributed by atoms with Gasteiger partial charge in [0.15, 0.2) is 0 Å². The molecule has 2 aromatic carbocycles. The highest BCUT2D eigenvalue weighted by molar-refractivity contribution is 7.89. The summed E-state index contributed by atoms with van der Waals surface area (Å²) in [4.78, 5) is 7.01. The van der Waals surface area contributed by atoms with Gasteiger partial charge in [0.25, 0.3) is 0 Å². The lowest BCUT2D eigenvalue weighted by Gasteiger charge is -2.06. The molecule has 0 unspecified atom stereocenters. The van der Waals surface area contributed by atoms with E-state index < -0.39 is 10.0 Å². The number of sulfonamides is 1. The van der Waals surface area contributed by atoms with Gasteiger partial charge in [0.05, 0.1) is 31.8 Å². The van der Waals surface area contributed by atoms with E-state index in [1.54, 1.807) is 18.2 Å². The molecule has 23 heavy (non-hydrogen) atoms. The van der Waals surface area contributed by atoms with Crippen molar-refractivity contribution in [2.24, 2.45) is 5.14 Å². The number of aromatic nitrogens is 2. The molecule has 0 aliphatic heterocycles. The molecule has 0 amide bonds. The largest absolute Gasteiger partial charge is 0.324 e. The summed E-state index contributed by atoms with van der Waals surface area (Å²) in [5, 5.41) is 8.90. The Labute approximate surface area is 146 Å². The summed E-state index contributed by atoms with van der Waals surface area (Å²) in [7, 11) is -3.93. The molecular formula is C13H9Cl3N4O2S. The first kappa shape index (κ1) is 16.4. The van der Waals surface area contributed by atoms with Crippen LogP contribution in [0.5, 0.6) is 0 Å². The molecule has 0 bridgehead atoms. The van der Waals surface area contributed by atoms with Crippen LogP contribution < -0.4 is 10.5 Å². The lowest BCUT2D eigenvalue weighted by Crippen LogP contribution is -2.12. The number of hydrogen-bond acceptors (Lipinski definition) is 4. The Morgan fingerprint density at radius 1 is 1.09 bits per heavy atom. The maximum absolute atomic E-state index is 11.5. The Kier molecular flexibility index (Phi) is 4.16. The van der Waals surface area contributed by atoms with Gasteiger partial charge in [-0.15, -0.1) is 0 Å². The van der Waals surface area contributed by atoms with Crippen LogP contribution in [0.15, 0.2) is 35.2 Å². The number of primary sulfonamides is 1. The van der Waals surface area contributed by atoms with Crippen molar-refractivity contribution in [1.82, 2.24) is 9.97 Å². The summed E-state index contributed by atoms with van der Waals surface area (Å²) in [6, 6.07) is 7.79. The standard InChI is InChI=1S/C13H9Cl3N4O2S/c14-6-2-1-3-7(15)12(6)20-13-18-9-4-8(16)11(23(17,21)22)5-10(9)19-13/h1-5H,(H2,17,21,22)(H2,18,19,20). The molecule has 6 nitrogen and oxygen atoms in total. The normalized spacial score (nSPS) is 11.8. The number of anilines is 2. The second-order valence-corrected chi connectivity index (χ2v) is 7.40. The highest BCUT2D eigenvalue weighted by atomic mass is 35.5. The van der Waals surface area contributed by atoms with Crippen molar-refractivity contribution in [3.05, 3.63) is 45.4 Å². The number of H-pyrrole nitrogens is 1. The monoisotopic (exact) mass is 390 g/mol. The number of imidazole rings is 1. The number of nitrogens with zero attached hydrogens (tertiary/aromatic N) is 1. The molecule has 1 heterocycles. The Hall–Kier alpha value is -1.51. The summed E-state index contributed by atoms with van der Waals surface area (Å²) in [6.45, 7) is 0. The molecule has 0 spiro atoms. The van der Waals surface area contributed by atoms with Crippen molar-refractivity contribution >= 4 is 67.5 Å². The second-order valence-electron chi connectivity index (χ2n) is 4.65. The van der Waals surface area contributed by atoms with Crippen molar-refractivity contribution in [3.63, 3.8) is 0 Å². The first-order chi connectivity index (χ1) is 10.8. The number of fused-ring (bicyclic) bond motifs is 1. The molecule has 0 aliphatic carbocycles. The molecule has 0 aliphatic rings. The van der Waals surface area contributed by atoms with Crippen LogP contribution in [0.3, 0.4) is 0 Å². The van der Waals surface area contributed by atoms with Crippen LogP contribution in [-0.4, -0.2) is 18.4 Å². The van der Waals surface area contributed by atoms with E-state index in [4.69, 9.17) is 39.9 Å². The molecule has 0 atom stereocenters. The Balaban J connectivity index is 2.07. The highest BCUT2D eigenvalue weighted by Crippen LogP contribution is 2.33. The van der Waals surface area contributed by atoms with E-state index in [-0.39, 0.29) is 9.92 Å². The molecule has 0 fully saturated rings. The SMILES string of the molecule is NS(=O)(=O)c1cc2[nH]c(Nc3c(Cl)cccc3Cl)nc2cc1Cl. The Morgan fingerprint density at radius 2 is 1.74 bits per heavy atom. The van der Waals surface area contributed by atoms with Crippen molar-refractivity contribution in [3.8, 4) is 0 Å². The van der Waals surface area contributed by atoms with Crippen molar-refractivity contribution < 1.29 is 8.42 Å². The van der Waals surface area contributed by atoms with Crippen LogP contribution in [0.4, 0.5) is 11.6 Å². The number of para-hydroxylation sites is 1. The summed E-state index contributed by atoms with van der Waals surface area (Å²) in [5.74, 6) is 0.331. The fourth-order valence-corrected chi connectivity index (χ4v) is 3.61. The third-order valence-electron chi connectivity index (χ3n) is 3.05.